The Morgan fingerprint density at radius 2 is 2.16 bits per heavy atom. The summed E-state index contributed by atoms with van der Waals surface area (Å²) in [5.74, 6) is -1.24. The van der Waals surface area contributed by atoms with Crippen LogP contribution in [-0.2, 0) is 15.8 Å². The second kappa shape index (κ2) is 4.74. The lowest BCUT2D eigenvalue weighted by Gasteiger charge is -2.17. The first-order valence-corrected chi connectivity index (χ1v) is 6.83. The standard InChI is InChI=1S/C8H13N6O4P/c1-18-4(19(15,16)17)2-14-3-11-5-6(9)12-8(10)13-7(5)14/h3-4H,2H2,1H3,(H2,15,16,17)(H4,9,10,12,13). The highest BCUT2D eigenvalue weighted by atomic mass is 31.2. The van der Waals surface area contributed by atoms with Crippen molar-refractivity contribution in [2.24, 2.45) is 0 Å². The zero-order valence-electron chi connectivity index (χ0n) is 9.96. The second-order valence-electron chi connectivity index (χ2n) is 3.82. The van der Waals surface area contributed by atoms with Crippen molar-refractivity contribution in [2.75, 3.05) is 18.6 Å². The van der Waals surface area contributed by atoms with Gasteiger partial charge in [0.15, 0.2) is 17.3 Å². The molecule has 0 saturated heterocycles. The third-order valence-electron chi connectivity index (χ3n) is 2.51. The van der Waals surface area contributed by atoms with E-state index in [1.54, 1.807) is 0 Å². The van der Waals surface area contributed by atoms with Crippen molar-refractivity contribution in [1.29, 1.82) is 0 Å². The van der Waals surface area contributed by atoms with Crippen molar-refractivity contribution in [3.8, 4) is 0 Å². The van der Waals surface area contributed by atoms with Gasteiger partial charge in [0.2, 0.25) is 5.95 Å². The van der Waals surface area contributed by atoms with Crippen molar-refractivity contribution in [3.63, 3.8) is 0 Å². The molecule has 0 radical (unpaired) electrons. The van der Waals surface area contributed by atoms with Crippen LogP contribution in [0.4, 0.5) is 11.8 Å². The van der Waals surface area contributed by atoms with E-state index in [9.17, 15) is 4.57 Å². The van der Waals surface area contributed by atoms with E-state index in [1.165, 1.54) is 18.0 Å². The predicted octanol–water partition coefficient (Wildman–Crippen LogP) is -0.859. The Bertz CT molecular complexity index is 652. The van der Waals surface area contributed by atoms with Gasteiger partial charge in [-0.1, -0.05) is 0 Å². The molecule has 10 nitrogen and oxygen atoms in total. The molecule has 2 heterocycles. The maximum atomic E-state index is 11.2. The van der Waals surface area contributed by atoms with Gasteiger partial charge in [0.1, 0.15) is 5.52 Å². The van der Waals surface area contributed by atoms with Crippen LogP contribution in [0.5, 0.6) is 0 Å². The van der Waals surface area contributed by atoms with E-state index < -0.39 is 13.4 Å². The molecule has 11 heteroatoms. The number of hydrogen-bond acceptors (Lipinski definition) is 7. The molecule has 2 aromatic rings. The van der Waals surface area contributed by atoms with E-state index in [0.717, 1.165) is 0 Å². The highest BCUT2D eigenvalue weighted by Crippen LogP contribution is 2.42. The van der Waals surface area contributed by atoms with Crippen LogP contribution < -0.4 is 11.5 Å². The summed E-state index contributed by atoms with van der Waals surface area (Å²) in [6.07, 6.45) is 1.34. The topological polar surface area (TPSA) is 162 Å². The molecule has 0 aliphatic rings. The van der Waals surface area contributed by atoms with Gasteiger partial charge in [-0.05, 0) is 0 Å². The molecule has 0 aromatic carbocycles. The number of rotatable bonds is 4. The van der Waals surface area contributed by atoms with E-state index >= 15 is 0 Å². The summed E-state index contributed by atoms with van der Waals surface area (Å²) >= 11 is 0. The van der Waals surface area contributed by atoms with Gasteiger partial charge in [-0.2, -0.15) is 9.97 Å². The van der Waals surface area contributed by atoms with Gasteiger partial charge < -0.3 is 30.6 Å². The van der Waals surface area contributed by atoms with E-state index in [1.807, 2.05) is 0 Å². The summed E-state index contributed by atoms with van der Waals surface area (Å²) < 4.78 is 17.4. The molecule has 0 spiro atoms. The molecule has 6 N–H and O–H groups in total. The third kappa shape index (κ3) is 2.66. The smallest absolute Gasteiger partial charge is 0.355 e. The van der Waals surface area contributed by atoms with E-state index in [4.69, 9.17) is 26.0 Å². The molecule has 0 amide bonds. The predicted molar refractivity (Wildman–Crippen MR) is 67.0 cm³/mol. The molecule has 0 bridgehead atoms. The second-order valence-corrected chi connectivity index (χ2v) is 5.57. The summed E-state index contributed by atoms with van der Waals surface area (Å²) in [5.41, 5.74) is 11.7. The van der Waals surface area contributed by atoms with Gasteiger partial charge in [-0.3, -0.25) is 4.57 Å². The largest absolute Gasteiger partial charge is 0.382 e. The fourth-order valence-electron chi connectivity index (χ4n) is 1.60. The first-order valence-electron chi connectivity index (χ1n) is 5.14. The Morgan fingerprint density at radius 1 is 1.47 bits per heavy atom. The quantitative estimate of drug-likeness (QED) is 0.524. The van der Waals surface area contributed by atoms with Crippen molar-refractivity contribution in [3.05, 3.63) is 6.33 Å². The van der Waals surface area contributed by atoms with Gasteiger partial charge in [-0.25, -0.2) is 4.98 Å². The highest BCUT2D eigenvalue weighted by Gasteiger charge is 2.29. The first kappa shape index (κ1) is 13.7. The van der Waals surface area contributed by atoms with Crippen LogP contribution in [0.25, 0.3) is 11.2 Å². The monoisotopic (exact) mass is 288 g/mol. The van der Waals surface area contributed by atoms with E-state index in [0.29, 0.717) is 11.2 Å². The number of ether oxygens (including phenoxy) is 1. The molecule has 1 atom stereocenters. The number of fused-ring (bicyclic) bond motifs is 1. The SMILES string of the molecule is COC(Cn1cnc2c(N)nc(N)nc21)P(=O)(O)O. The normalized spacial score (nSPS) is 13.8. The van der Waals surface area contributed by atoms with Crippen LogP contribution in [0.2, 0.25) is 0 Å². The van der Waals surface area contributed by atoms with Crippen LogP contribution in [0.15, 0.2) is 6.33 Å². The summed E-state index contributed by atoms with van der Waals surface area (Å²) in [4.78, 5) is 29.9. The number of anilines is 2. The molecule has 0 saturated carbocycles. The fraction of sp³-hybridized carbons (Fsp3) is 0.375. The van der Waals surface area contributed by atoms with Crippen LogP contribution in [0.1, 0.15) is 0 Å². The molecular weight excluding hydrogens is 275 g/mol. The van der Waals surface area contributed by atoms with Crippen molar-refractivity contribution >= 4 is 30.5 Å². The highest BCUT2D eigenvalue weighted by molar-refractivity contribution is 7.52. The molecule has 1 unspecified atom stereocenters. The van der Waals surface area contributed by atoms with Crippen molar-refractivity contribution in [2.45, 2.75) is 12.4 Å². The van der Waals surface area contributed by atoms with Crippen LogP contribution >= 0.6 is 7.60 Å². The van der Waals surface area contributed by atoms with Crippen LogP contribution in [-0.4, -0.2) is 42.3 Å². The van der Waals surface area contributed by atoms with Gasteiger partial charge >= 0.3 is 7.60 Å². The summed E-state index contributed by atoms with van der Waals surface area (Å²) in [5, 5.41) is 0. The van der Waals surface area contributed by atoms with E-state index in [2.05, 4.69) is 15.0 Å². The lowest BCUT2D eigenvalue weighted by Crippen LogP contribution is -2.18. The fourth-order valence-corrected chi connectivity index (χ4v) is 2.27. The molecule has 19 heavy (non-hydrogen) atoms. The lowest BCUT2D eigenvalue weighted by molar-refractivity contribution is 0.123. The number of nitrogens with two attached hydrogens (primary N) is 2. The van der Waals surface area contributed by atoms with Gasteiger partial charge in [0, 0.05) is 7.11 Å². The Balaban J connectivity index is 2.44. The van der Waals surface area contributed by atoms with Crippen LogP contribution in [0.3, 0.4) is 0 Å². The first-order chi connectivity index (χ1) is 8.82. The number of nitrogen functional groups attached to an aromatic ring is 2. The van der Waals surface area contributed by atoms with Gasteiger partial charge in [0.05, 0.1) is 12.9 Å². The molecule has 2 aromatic heterocycles. The number of nitrogens with zero attached hydrogens (tertiary/aromatic N) is 4. The average Bonchev–Trinajstić information content (AvgIpc) is 2.67. The Morgan fingerprint density at radius 3 is 2.74 bits per heavy atom. The number of aromatic nitrogens is 4. The number of methoxy groups -OCH3 is 1. The average molecular weight is 288 g/mol. The molecule has 2 rings (SSSR count). The minimum absolute atomic E-state index is 0.0445. The number of hydrogen-bond donors (Lipinski definition) is 4. The van der Waals surface area contributed by atoms with E-state index in [-0.39, 0.29) is 18.3 Å². The Kier molecular flexibility index (Phi) is 3.42. The maximum Gasteiger partial charge on any atom is 0.355 e. The minimum atomic E-state index is -4.40. The van der Waals surface area contributed by atoms with Crippen molar-refractivity contribution in [1.82, 2.24) is 19.5 Å². The number of imidazole rings is 1. The lowest BCUT2D eigenvalue weighted by atomic mass is 10.5. The van der Waals surface area contributed by atoms with Crippen molar-refractivity contribution < 1.29 is 19.1 Å². The summed E-state index contributed by atoms with van der Waals surface area (Å²) in [7, 11) is -3.19. The third-order valence-corrected chi connectivity index (χ3v) is 3.63. The Hall–Kier alpha value is -1.74. The molecule has 0 aliphatic heterocycles. The molecule has 104 valence electrons. The van der Waals surface area contributed by atoms with Gasteiger partial charge in [0.25, 0.3) is 0 Å². The molecule has 0 fully saturated rings. The Labute approximate surface area is 107 Å². The van der Waals surface area contributed by atoms with Gasteiger partial charge in [-0.15, -0.1) is 0 Å². The maximum absolute atomic E-state index is 11.2. The summed E-state index contributed by atoms with van der Waals surface area (Å²) in [6, 6.07) is 0. The van der Waals surface area contributed by atoms with Crippen LogP contribution in [0, 0.1) is 0 Å². The molecular formula is C8H13N6O4P. The zero-order valence-corrected chi connectivity index (χ0v) is 10.9. The zero-order chi connectivity index (χ0) is 14.2. The summed E-state index contributed by atoms with van der Waals surface area (Å²) in [6.45, 7) is -0.132. The molecule has 0 aliphatic carbocycles. The minimum Gasteiger partial charge on any atom is -0.382 e.